The minimum absolute atomic E-state index is 0.0507. The molecule has 5 rings (SSSR count). The first-order valence-corrected chi connectivity index (χ1v) is 12.3. The Labute approximate surface area is 197 Å². The lowest BCUT2D eigenvalue weighted by Crippen LogP contribution is -2.15. The molecule has 7 nitrogen and oxygen atoms in total. The molecule has 0 radical (unpaired) electrons. The molecule has 0 spiro atoms. The predicted molar refractivity (Wildman–Crippen MR) is 128 cm³/mol. The summed E-state index contributed by atoms with van der Waals surface area (Å²) < 4.78 is 13.6. The Morgan fingerprint density at radius 1 is 0.909 bits per heavy atom. The van der Waals surface area contributed by atoms with Crippen LogP contribution in [0.5, 0.6) is 5.75 Å². The summed E-state index contributed by atoms with van der Waals surface area (Å²) in [6.07, 6.45) is 6.03. The van der Waals surface area contributed by atoms with E-state index in [1.807, 2.05) is 54.6 Å². The van der Waals surface area contributed by atoms with Crippen LogP contribution in [0.4, 0.5) is 0 Å². The molecule has 0 aliphatic heterocycles. The monoisotopic (exact) mass is 461 g/mol. The summed E-state index contributed by atoms with van der Waals surface area (Å²) in [5.74, 6) is 2.85. The van der Waals surface area contributed by atoms with Gasteiger partial charge in [-0.1, -0.05) is 49.2 Å². The second kappa shape index (κ2) is 9.79. The van der Waals surface area contributed by atoms with Crippen LogP contribution in [0, 0.1) is 0 Å². The highest BCUT2D eigenvalue weighted by Gasteiger charge is 2.26. The first-order chi connectivity index (χ1) is 16.2. The molecular weight excluding hydrogens is 434 g/mol. The van der Waals surface area contributed by atoms with Crippen molar-refractivity contribution < 1.29 is 9.15 Å². The van der Waals surface area contributed by atoms with Gasteiger partial charge in [0.2, 0.25) is 11.8 Å². The second-order valence-electron chi connectivity index (χ2n) is 8.27. The highest BCUT2D eigenvalue weighted by molar-refractivity contribution is 7.99. The third kappa shape index (κ3) is 4.66. The van der Waals surface area contributed by atoms with Gasteiger partial charge in [0.15, 0.2) is 11.0 Å². The maximum absolute atomic E-state index is 5.99. The van der Waals surface area contributed by atoms with Gasteiger partial charge in [-0.25, -0.2) is 0 Å². The molecule has 1 atom stereocenters. The lowest BCUT2D eigenvalue weighted by atomic mass is 9.95. The van der Waals surface area contributed by atoms with Crippen LogP contribution in [0.2, 0.25) is 0 Å². The first kappa shape index (κ1) is 21.7. The van der Waals surface area contributed by atoms with Crippen LogP contribution in [0.3, 0.4) is 0 Å². The van der Waals surface area contributed by atoms with E-state index in [0.717, 1.165) is 40.7 Å². The third-order valence-electron chi connectivity index (χ3n) is 6.04. The van der Waals surface area contributed by atoms with Crippen LogP contribution in [0.15, 0.2) is 64.2 Å². The van der Waals surface area contributed by atoms with Gasteiger partial charge in [0, 0.05) is 17.2 Å². The van der Waals surface area contributed by atoms with E-state index >= 15 is 0 Å². The van der Waals surface area contributed by atoms with Crippen molar-refractivity contribution in [1.29, 1.82) is 0 Å². The van der Waals surface area contributed by atoms with Gasteiger partial charge >= 0.3 is 0 Å². The molecular formula is C25H27N5O2S. The largest absolute Gasteiger partial charge is 0.497 e. The fourth-order valence-electron chi connectivity index (χ4n) is 4.27. The van der Waals surface area contributed by atoms with Crippen molar-refractivity contribution in [3.63, 3.8) is 0 Å². The minimum atomic E-state index is -0.0507. The summed E-state index contributed by atoms with van der Waals surface area (Å²) >= 11 is 1.62. The number of rotatable bonds is 7. The van der Waals surface area contributed by atoms with E-state index in [4.69, 9.17) is 9.15 Å². The number of methoxy groups -OCH3 is 1. The second-order valence-corrected chi connectivity index (χ2v) is 9.58. The normalized spacial score (nSPS) is 15.5. The van der Waals surface area contributed by atoms with Crippen molar-refractivity contribution in [2.45, 2.75) is 55.5 Å². The Bertz CT molecular complexity index is 1180. The van der Waals surface area contributed by atoms with E-state index in [1.54, 1.807) is 18.9 Å². The molecule has 1 aliphatic carbocycles. The van der Waals surface area contributed by atoms with Crippen molar-refractivity contribution in [2.75, 3.05) is 7.11 Å². The number of aromatic nitrogens is 5. The number of nitrogens with zero attached hydrogens (tertiary/aromatic N) is 5. The molecule has 0 N–H and O–H groups in total. The highest BCUT2D eigenvalue weighted by Crippen LogP contribution is 2.40. The van der Waals surface area contributed by atoms with E-state index < -0.39 is 0 Å². The van der Waals surface area contributed by atoms with Crippen molar-refractivity contribution in [1.82, 2.24) is 25.0 Å². The molecule has 33 heavy (non-hydrogen) atoms. The maximum atomic E-state index is 5.99. The smallest absolute Gasteiger partial charge is 0.247 e. The molecule has 1 saturated carbocycles. The highest BCUT2D eigenvalue weighted by atomic mass is 32.2. The van der Waals surface area contributed by atoms with Gasteiger partial charge in [0.05, 0.1) is 12.4 Å². The van der Waals surface area contributed by atoms with Crippen LogP contribution in [0.25, 0.3) is 22.8 Å². The van der Waals surface area contributed by atoms with Crippen LogP contribution < -0.4 is 4.74 Å². The molecule has 0 unspecified atom stereocenters. The molecule has 0 amide bonds. The molecule has 0 bridgehead atoms. The molecule has 8 heteroatoms. The molecule has 170 valence electrons. The number of hydrogen-bond donors (Lipinski definition) is 0. The van der Waals surface area contributed by atoms with Crippen molar-refractivity contribution in [2.24, 2.45) is 0 Å². The Morgan fingerprint density at radius 2 is 1.67 bits per heavy atom. The number of thioether (sulfide) groups is 1. The standard InChI is InChI=1S/C25H27N5O2S/c1-17(23-27-28-24(32-23)19-9-5-3-6-10-19)33-25-29-26-22(18-13-15-21(31-2)16-14-18)30(25)20-11-7-4-8-12-20/h3,5-6,9-10,13-17,20H,4,7-8,11-12H2,1-2H3/t17-/m0/s1. The van der Waals surface area contributed by atoms with Gasteiger partial charge in [0.25, 0.3) is 0 Å². The summed E-state index contributed by atoms with van der Waals surface area (Å²) in [5.41, 5.74) is 1.96. The van der Waals surface area contributed by atoms with Gasteiger partial charge in [-0.2, -0.15) is 0 Å². The maximum Gasteiger partial charge on any atom is 0.247 e. The fourth-order valence-corrected chi connectivity index (χ4v) is 5.22. The average molecular weight is 462 g/mol. The minimum Gasteiger partial charge on any atom is -0.497 e. The number of hydrogen-bond acceptors (Lipinski definition) is 7. The summed E-state index contributed by atoms with van der Waals surface area (Å²) in [4.78, 5) is 0. The van der Waals surface area contributed by atoms with Gasteiger partial charge in [-0.05, 0) is 56.2 Å². The zero-order valence-corrected chi connectivity index (χ0v) is 19.7. The van der Waals surface area contributed by atoms with Crippen LogP contribution in [-0.2, 0) is 0 Å². The number of ether oxygens (including phenoxy) is 1. The Kier molecular flexibility index (Phi) is 6.44. The van der Waals surface area contributed by atoms with Gasteiger partial charge < -0.3 is 9.15 Å². The van der Waals surface area contributed by atoms with Crippen LogP contribution >= 0.6 is 11.8 Å². The lowest BCUT2D eigenvalue weighted by molar-refractivity contribution is 0.339. The van der Waals surface area contributed by atoms with Crippen LogP contribution in [-0.4, -0.2) is 32.1 Å². The molecule has 0 saturated heterocycles. The van der Waals surface area contributed by atoms with Crippen LogP contribution in [0.1, 0.15) is 56.2 Å². The van der Waals surface area contributed by atoms with E-state index in [2.05, 4.69) is 31.9 Å². The zero-order chi connectivity index (χ0) is 22.6. The van der Waals surface area contributed by atoms with Crippen molar-refractivity contribution >= 4 is 11.8 Å². The number of benzene rings is 2. The average Bonchev–Trinajstić information content (AvgIpc) is 3.53. The van der Waals surface area contributed by atoms with Gasteiger partial charge in [-0.15, -0.1) is 20.4 Å². The van der Waals surface area contributed by atoms with Crippen molar-refractivity contribution in [3.05, 3.63) is 60.5 Å². The molecule has 4 aromatic rings. The summed E-state index contributed by atoms with van der Waals surface area (Å²) in [7, 11) is 1.68. The Morgan fingerprint density at radius 3 is 2.39 bits per heavy atom. The summed E-state index contributed by atoms with van der Waals surface area (Å²) in [5, 5.41) is 18.6. The molecule has 2 heterocycles. The molecule has 2 aromatic carbocycles. The Balaban J connectivity index is 1.43. The SMILES string of the molecule is COc1ccc(-c2nnc(S[C@@H](C)c3nnc(-c4ccccc4)o3)n2C2CCCCC2)cc1. The molecule has 1 aliphatic rings. The fraction of sp³-hybridized carbons (Fsp3) is 0.360. The van der Waals surface area contributed by atoms with E-state index in [1.165, 1.54) is 19.3 Å². The van der Waals surface area contributed by atoms with Gasteiger partial charge in [-0.3, -0.25) is 4.57 Å². The third-order valence-corrected chi connectivity index (χ3v) is 7.09. The Hall–Kier alpha value is -3.13. The predicted octanol–water partition coefficient (Wildman–Crippen LogP) is 6.36. The van der Waals surface area contributed by atoms with E-state index in [-0.39, 0.29) is 5.25 Å². The van der Waals surface area contributed by atoms with E-state index in [0.29, 0.717) is 17.8 Å². The zero-order valence-electron chi connectivity index (χ0n) is 18.8. The molecule has 2 aromatic heterocycles. The van der Waals surface area contributed by atoms with E-state index in [9.17, 15) is 0 Å². The summed E-state index contributed by atoms with van der Waals surface area (Å²) in [6.45, 7) is 2.07. The van der Waals surface area contributed by atoms with Gasteiger partial charge in [0.1, 0.15) is 5.75 Å². The van der Waals surface area contributed by atoms with Crippen molar-refractivity contribution in [3.8, 4) is 28.6 Å². The topological polar surface area (TPSA) is 78.9 Å². The quantitative estimate of drug-likeness (QED) is 0.296. The summed E-state index contributed by atoms with van der Waals surface area (Å²) in [6, 6.07) is 18.2. The first-order valence-electron chi connectivity index (χ1n) is 11.4. The lowest BCUT2D eigenvalue weighted by Gasteiger charge is -2.26. The molecule has 1 fully saturated rings.